The molecule has 1 unspecified atom stereocenters. The predicted molar refractivity (Wildman–Crippen MR) is 95.2 cm³/mol. The van der Waals surface area contributed by atoms with Crippen LogP contribution >= 0.6 is 0 Å². The normalized spacial score (nSPS) is 14.5. The molecule has 6 heteroatoms. The monoisotopic (exact) mass is 334 g/mol. The van der Waals surface area contributed by atoms with Gasteiger partial charge in [0, 0.05) is 17.7 Å². The van der Waals surface area contributed by atoms with E-state index in [1.54, 1.807) is 0 Å². The molecular formula is C19H18N4O2. The molecule has 2 heterocycles. The first-order valence-corrected chi connectivity index (χ1v) is 8.27. The topological polar surface area (TPSA) is 80.1 Å². The SMILES string of the molecule is CC(Nc1nc(-c2ccccc2)no1)c1ccc2c(c1)CCC(=O)N2. The summed E-state index contributed by atoms with van der Waals surface area (Å²) in [5.74, 6) is 0.633. The van der Waals surface area contributed by atoms with Crippen molar-refractivity contribution in [3.05, 3.63) is 59.7 Å². The quantitative estimate of drug-likeness (QED) is 0.759. The zero-order valence-corrected chi connectivity index (χ0v) is 13.8. The molecule has 0 spiro atoms. The van der Waals surface area contributed by atoms with Crippen molar-refractivity contribution >= 4 is 17.6 Å². The summed E-state index contributed by atoms with van der Waals surface area (Å²) in [6.45, 7) is 2.04. The van der Waals surface area contributed by atoms with Crippen LogP contribution in [0.15, 0.2) is 53.1 Å². The Kier molecular flexibility index (Phi) is 3.93. The van der Waals surface area contributed by atoms with Gasteiger partial charge < -0.3 is 15.2 Å². The number of nitrogens with one attached hydrogen (secondary N) is 2. The van der Waals surface area contributed by atoms with Crippen molar-refractivity contribution in [3.63, 3.8) is 0 Å². The van der Waals surface area contributed by atoms with E-state index in [0.29, 0.717) is 18.3 Å². The molecule has 6 nitrogen and oxygen atoms in total. The molecule has 0 fully saturated rings. The lowest BCUT2D eigenvalue weighted by atomic mass is 9.98. The fourth-order valence-corrected chi connectivity index (χ4v) is 2.93. The largest absolute Gasteiger partial charge is 0.331 e. The summed E-state index contributed by atoms with van der Waals surface area (Å²) in [4.78, 5) is 15.9. The summed E-state index contributed by atoms with van der Waals surface area (Å²) >= 11 is 0. The van der Waals surface area contributed by atoms with Gasteiger partial charge in [0.05, 0.1) is 6.04 Å². The van der Waals surface area contributed by atoms with Gasteiger partial charge in [-0.25, -0.2) is 0 Å². The van der Waals surface area contributed by atoms with Gasteiger partial charge in [-0.2, -0.15) is 4.98 Å². The highest BCUT2D eigenvalue weighted by Gasteiger charge is 2.17. The zero-order valence-electron chi connectivity index (χ0n) is 13.8. The number of benzene rings is 2. The number of aryl methyl sites for hydroxylation is 1. The first-order valence-electron chi connectivity index (χ1n) is 8.27. The minimum atomic E-state index is 0.00648. The highest BCUT2D eigenvalue weighted by atomic mass is 16.5. The minimum Gasteiger partial charge on any atom is -0.331 e. The lowest BCUT2D eigenvalue weighted by Crippen LogP contribution is -2.19. The van der Waals surface area contributed by atoms with Gasteiger partial charge in [-0.3, -0.25) is 4.79 Å². The number of rotatable bonds is 4. The number of amides is 1. The Labute approximate surface area is 145 Å². The third-order valence-electron chi connectivity index (χ3n) is 4.32. The molecule has 1 amide bonds. The van der Waals surface area contributed by atoms with Crippen molar-refractivity contribution in [1.29, 1.82) is 0 Å². The van der Waals surface area contributed by atoms with E-state index in [1.165, 1.54) is 0 Å². The van der Waals surface area contributed by atoms with E-state index >= 15 is 0 Å². The van der Waals surface area contributed by atoms with Gasteiger partial charge in [-0.05, 0) is 30.5 Å². The fourth-order valence-electron chi connectivity index (χ4n) is 2.93. The molecular weight excluding hydrogens is 316 g/mol. The number of fused-ring (bicyclic) bond motifs is 1. The first kappa shape index (κ1) is 15.4. The second-order valence-corrected chi connectivity index (χ2v) is 6.12. The Bertz CT molecular complexity index is 905. The molecule has 1 aliphatic heterocycles. The van der Waals surface area contributed by atoms with Crippen LogP contribution in [-0.2, 0) is 11.2 Å². The third kappa shape index (κ3) is 3.24. The molecule has 2 N–H and O–H groups in total. The molecule has 0 saturated carbocycles. The number of nitrogens with zero attached hydrogens (tertiary/aromatic N) is 2. The predicted octanol–water partition coefficient (Wildman–Crippen LogP) is 3.79. The first-order chi connectivity index (χ1) is 12.2. The van der Waals surface area contributed by atoms with Crippen LogP contribution in [0, 0.1) is 0 Å². The van der Waals surface area contributed by atoms with Crippen LogP contribution in [0.3, 0.4) is 0 Å². The highest BCUT2D eigenvalue weighted by Crippen LogP contribution is 2.27. The van der Waals surface area contributed by atoms with Gasteiger partial charge in [0.15, 0.2) is 0 Å². The lowest BCUT2D eigenvalue weighted by Gasteiger charge is -2.19. The third-order valence-corrected chi connectivity index (χ3v) is 4.32. The second kappa shape index (κ2) is 6.39. The zero-order chi connectivity index (χ0) is 17.2. The van der Waals surface area contributed by atoms with Crippen molar-refractivity contribution in [3.8, 4) is 11.4 Å². The highest BCUT2D eigenvalue weighted by molar-refractivity contribution is 5.93. The van der Waals surface area contributed by atoms with E-state index in [2.05, 4.69) is 26.8 Å². The van der Waals surface area contributed by atoms with Crippen LogP contribution in [-0.4, -0.2) is 16.0 Å². The molecule has 0 aliphatic carbocycles. The van der Waals surface area contributed by atoms with E-state index in [4.69, 9.17) is 4.52 Å². The number of anilines is 2. The van der Waals surface area contributed by atoms with E-state index < -0.39 is 0 Å². The van der Waals surface area contributed by atoms with Gasteiger partial charge in [0.2, 0.25) is 11.7 Å². The van der Waals surface area contributed by atoms with Crippen LogP contribution < -0.4 is 10.6 Å². The summed E-state index contributed by atoms with van der Waals surface area (Å²) in [6.07, 6.45) is 1.29. The van der Waals surface area contributed by atoms with Crippen LogP contribution in [0.4, 0.5) is 11.7 Å². The minimum absolute atomic E-state index is 0.00648. The summed E-state index contributed by atoms with van der Waals surface area (Å²) in [5.41, 5.74) is 4.07. The van der Waals surface area contributed by atoms with Gasteiger partial charge >= 0.3 is 6.01 Å². The van der Waals surface area contributed by atoms with Crippen LogP contribution in [0.1, 0.15) is 30.5 Å². The maximum Gasteiger partial charge on any atom is 0.322 e. The average Bonchev–Trinajstić information content (AvgIpc) is 3.10. The Morgan fingerprint density at radius 1 is 1.16 bits per heavy atom. The van der Waals surface area contributed by atoms with Crippen LogP contribution in [0.25, 0.3) is 11.4 Å². The maximum absolute atomic E-state index is 11.5. The Morgan fingerprint density at radius 2 is 2.00 bits per heavy atom. The Hall–Kier alpha value is -3.15. The van der Waals surface area contributed by atoms with Crippen molar-refractivity contribution in [1.82, 2.24) is 10.1 Å². The smallest absolute Gasteiger partial charge is 0.322 e. The molecule has 0 bridgehead atoms. The van der Waals surface area contributed by atoms with Gasteiger partial charge in [0.1, 0.15) is 0 Å². The molecule has 1 aromatic heterocycles. The van der Waals surface area contributed by atoms with Gasteiger partial charge in [-0.1, -0.05) is 47.6 Å². The van der Waals surface area contributed by atoms with E-state index in [0.717, 1.165) is 28.8 Å². The van der Waals surface area contributed by atoms with Crippen molar-refractivity contribution in [2.45, 2.75) is 25.8 Å². The summed E-state index contributed by atoms with van der Waals surface area (Å²) in [5, 5.41) is 10.1. The molecule has 0 radical (unpaired) electrons. The molecule has 0 saturated heterocycles. The van der Waals surface area contributed by atoms with Gasteiger partial charge in [-0.15, -0.1) is 0 Å². The van der Waals surface area contributed by atoms with Crippen molar-refractivity contribution in [2.24, 2.45) is 0 Å². The second-order valence-electron chi connectivity index (χ2n) is 6.12. The van der Waals surface area contributed by atoms with Gasteiger partial charge in [0.25, 0.3) is 0 Å². The van der Waals surface area contributed by atoms with Crippen LogP contribution in [0.2, 0.25) is 0 Å². The number of carbonyl (C=O) groups is 1. The fraction of sp³-hybridized carbons (Fsp3) is 0.211. The Morgan fingerprint density at radius 3 is 2.84 bits per heavy atom. The average molecular weight is 334 g/mol. The standard InChI is InChI=1S/C19H18N4O2/c1-12(14-7-9-16-15(11-14)8-10-17(24)21-16)20-19-22-18(23-25-19)13-5-3-2-4-6-13/h2-7,9,11-12H,8,10H2,1H3,(H,21,24)(H,20,22,23). The summed E-state index contributed by atoms with van der Waals surface area (Å²) in [6, 6.07) is 16.2. The molecule has 2 aromatic carbocycles. The molecule has 4 rings (SSSR count). The molecule has 25 heavy (non-hydrogen) atoms. The number of hydrogen-bond donors (Lipinski definition) is 2. The summed E-state index contributed by atoms with van der Waals surface area (Å²) < 4.78 is 5.31. The van der Waals surface area contributed by atoms with Crippen LogP contribution in [0.5, 0.6) is 0 Å². The summed E-state index contributed by atoms with van der Waals surface area (Å²) in [7, 11) is 0. The Balaban J connectivity index is 1.50. The van der Waals surface area contributed by atoms with E-state index in [1.807, 2.05) is 49.4 Å². The number of hydrogen-bond acceptors (Lipinski definition) is 5. The molecule has 126 valence electrons. The molecule has 1 atom stereocenters. The lowest BCUT2D eigenvalue weighted by molar-refractivity contribution is -0.116. The van der Waals surface area contributed by atoms with E-state index in [-0.39, 0.29) is 11.9 Å². The number of carbonyl (C=O) groups excluding carboxylic acids is 1. The molecule has 1 aliphatic rings. The molecule has 3 aromatic rings. The van der Waals surface area contributed by atoms with Crippen molar-refractivity contribution in [2.75, 3.05) is 10.6 Å². The number of aromatic nitrogens is 2. The van der Waals surface area contributed by atoms with Crippen molar-refractivity contribution < 1.29 is 9.32 Å². The van der Waals surface area contributed by atoms with E-state index in [9.17, 15) is 4.79 Å². The maximum atomic E-state index is 11.5.